The second-order valence-electron chi connectivity index (χ2n) is 6.66. The first-order chi connectivity index (χ1) is 13.1. The van der Waals surface area contributed by atoms with Gasteiger partial charge in [0.1, 0.15) is 11.6 Å². The second kappa shape index (κ2) is 7.47. The lowest BCUT2D eigenvalue weighted by Gasteiger charge is -2.15. The Labute approximate surface area is 161 Å². The average Bonchev–Trinajstić information content (AvgIpc) is 2.60. The van der Waals surface area contributed by atoms with E-state index in [2.05, 4.69) is 0 Å². The number of ether oxygens (including phenoxy) is 1. The van der Waals surface area contributed by atoms with Gasteiger partial charge in [-0.2, -0.15) is 0 Å². The summed E-state index contributed by atoms with van der Waals surface area (Å²) in [4.78, 5) is 18.6. The van der Waals surface area contributed by atoms with Gasteiger partial charge in [0.15, 0.2) is 11.6 Å². The molecule has 0 aliphatic carbocycles. The third-order valence-electron chi connectivity index (χ3n) is 4.43. The van der Waals surface area contributed by atoms with Gasteiger partial charge in [0, 0.05) is 0 Å². The fourth-order valence-electron chi connectivity index (χ4n) is 2.90. The number of hydrogen-bond donors (Lipinski definition) is 2. The van der Waals surface area contributed by atoms with E-state index in [1.807, 2.05) is 0 Å². The van der Waals surface area contributed by atoms with Crippen molar-refractivity contribution in [2.45, 2.75) is 20.8 Å². The van der Waals surface area contributed by atoms with Crippen LogP contribution in [0.5, 0.6) is 11.5 Å². The van der Waals surface area contributed by atoms with Crippen LogP contribution in [0.15, 0.2) is 48.5 Å². The van der Waals surface area contributed by atoms with Gasteiger partial charge in [-0.25, -0.2) is 8.78 Å². The highest BCUT2D eigenvalue weighted by Gasteiger charge is 2.20. The highest BCUT2D eigenvalue weighted by Crippen LogP contribution is 2.38. The van der Waals surface area contributed by atoms with E-state index in [4.69, 9.17) is 4.74 Å². The fourth-order valence-corrected chi connectivity index (χ4v) is 3.63. The molecule has 0 saturated carbocycles. The van der Waals surface area contributed by atoms with Crippen LogP contribution >= 0.6 is 7.60 Å². The average molecular weight is 404 g/mol. The molecule has 0 saturated heterocycles. The molecule has 3 rings (SSSR count). The van der Waals surface area contributed by atoms with Gasteiger partial charge >= 0.3 is 7.60 Å². The molecule has 0 fully saturated rings. The first kappa shape index (κ1) is 20.2. The van der Waals surface area contributed by atoms with Crippen LogP contribution in [0.3, 0.4) is 0 Å². The maximum absolute atomic E-state index is 14.6. The molecule has 146 valence electrons. The smallest absolute Gasteiger partial charge is 0.356 e. The van der Waals surface area contributed by atoms with Gasteiger partial charge in [-0.1, -0.05) is 18.2 Å². The van der Waals surface area contributed by atoms with Crippen molar-refractivity contribution < 1.29 is 27.9 Å². The van der Waals surface area contributed by atoms with Crippen molar-refractivity contribution in [2.75, 3.05) is 0 Å². The van der Waals surface area contributed by atoms with Gasteiger partial charge in [0.25, 0.3) is 0 Å². The van der Waals surface area contributed by atoms with Gasteiger partial charge in [-0.3, -0.25) is 4.57 Å². The Hall–Kier alpha value is -2.53. The zero-order valence-electron chi connectivity index (χ0n) is 15.5. The summed E-state index contributed by atoms with van der Waals surface area (Å²) in [6.45, 7) is 4.91. The van der Waals surface area contributed by atoms with Crippen molar-refractivity contribution in [3.8, 4) is 22.6 Å². The predicted molar refractivity (Wildman–Crippen MR) is 104 cm³/mol. The number of halogens is 2. The van der Waals surface area contributed by atoms with E-state index in [0.29, 0.717) is 33.6 Å². The molecule has 28 heavy (non-hydrogen) atoms. The van der Waals surface area contributed by atoms with Gasteiger partial charge in [0.05, 0.1) is 5.30 Å². The Morgan fingerprint density at radius 2 is 1.32 bits per heavy atom. The van der Waals surface area contributed by atoms with Crippen LogP contribution in [0.4, 0.5) is 8.78 Å². The predicted octanol–water partition coefficient (Wildman–Crippen LogP) is 5.15. The van der Waals surface area contributed by atoms with E-state index in [1.54, 1.807) is 39.0 Å². The summed E-state index contributed by atoms with van der Waals surface area (Å²) in [5, 5.41) is -0.118. The fraction of sp³-hybridized carbons (Fsp3) is 0.143. The Morgan fingerprint density at radius 1 is 0.786 bits per heavy atom. The SMILES string of the molecule is Cc1ccc(-c2ccc(Oc3c(C)cc(P(=O)(O)O)cc3C)c(F)c2)cc1F. The highest BCUT2D eigenvalue weighted by atomic mass is 31.2. The van der Waals surface area contributed by atoms with Crippen LogP contribution in [0.2, 0.25) is 0 Å². The molecule has 0 atom stereocenters. The molecular formula is C21H19F2O4P. The second-order valence-corrected chi connectivity index (χ2v) is 8.27. The Bertz CT molecular complexity index is 1080. The van der Waals surface area contributed by atoms with Crippen LogP contribution in [-0.4, -0.2) is 9.79 Å². The molecule has 3 aromatic carbocycles. The van der Waals surface area contributed by atoms with E-state index in [-0.39, 0.29) is 16.9 Å². The third-order valence-corrected chi connectivity index (χ3v) is 5.36. The highest BCUT2D eigenvalue weighted by molar-refractivity contribution is 7.60. The van der Waals surface area contributed by atoms with E-state index in [1.165, 1.54) is 30.3 Å². The van der Waals surface area contributed by atoms with E-state index >= 15 is 0 Å². The van der Waals surface area contributed by atoms with Crippen LogP contribution in [0.25, 0.3) is 11.1 Å². The van der Waals surface area contributed by atoms with Crippen molar-refractivity contribution in [2.24, 2.45) is 0 Å². The Balaban J connectivity index is 1.94. The molecule has 2 N–H and O–H groups in total. The molecular weight excluding hydrogens is 385 g/mol. The van der Waals surface area contributed by atoms with Crippen molar-refractivity contribution >= 4 is 12.9 Å². The van der Waals surface area contributed by atoms with Crippen LogP contribution in [0.1, 0.15) is 16.7 Å². The number of aryl methyl sites for hydroxylation is 3. The lowest BCUT2D eigenvalue weighted by Crippen LogP contribution is -2.07. The number of hydrogen-bond acceptors (Lipinski definition) is 2. The Morgan fingerprint density at radius 3 is 1.82 bits per heavy atom. The molecule has 0 heterocycles. The molecule has 0 radical (unpaired) electrons. The van der Waals surface area contributed by atoms with Crippen molar-refractivity contribution in [3.05, 3.63) is 76.9 Å². The zero-order valence-corrected chi connectivity index (χ0v) is 16.4. The van der Waals surface area contributed by atoms with Gasteiger partial charge in [-0.05, 0) is 78.9 Å². The first-order valence-corrected chi connectivity index (χ1v) is 10.1. The van der Waals surface area contributed by atoms with Crippen molar-refractivity contribution in [1.82, 2.24) is 0 Å². The van der Waals surface area contributed by atoms with Crippen molar-refractivity contribution in [1.29, 1.82) is 0 Å². The summed E-state index contributed by atoms with van der Waals surface area (Å²) in [6, 6.07) is 11.7. The summed E-state index contributed by atoms with van der Waals surface area (Å²) < 4.78 is 45.5. The van der Waals surface area contributed by atoms with E-state index < -0.39 is 13.4 Å². The summed E-state index contributed by atoms with van der Waals surface area (Å²) in [6.07, 6.45) is 0. The first-order valence-electron chi connectivity index (χ1n) is 8.47. The molecule has 0 bridgehead atoms. The maximum atomic E-state index is 14.6. The topological polar surface area (TPSA) is 66.8 Å². The summed E-state index contributed by atoms with van der Waals surface area (Å²) >= 11 is 0. The monoisotopic (exact) mass is 404 g/mol. The molecule has 0 spiro atoms. The van der Waals surface area contributed by atoms with E-state index in [0.717, 1.165) is 0 Å². The summed E-state index contributed by atoms with van der Waals surface area (Å²) in [7, 11) is -4.39. The summed E-state index contributed by atoms with van der Waals surface area (Å²) in [5.41, 5.74) is 2.51. The minimum atomic E-state index is -4.39. The molecule has 7 heteroatoms. The Kier molecular flexibility index (Phi) is 5.39. The standard InChI is InChI=1S/C21H19F2O4P/c1-12-4-5-15(10-18(12)22)16-6-7-20(19(23)11-16)27-21-13(2)8-17(9-14(21)3)28(24,25)26/h4-11H,1-3H3,(H2,24,25,26). The molecule has 0 aliphatic heterocycles. The minimum Gasteiger partial charge on any atom is -0.454 e. The molecule has 0 unspecified atom stereocenters. The molecule has 4 nitrogen and oxygen atoms in total. The van der Waals surface area contributed by atoms with Gasteiger partial charge in [-0.15, -0.1) is 0 Å². The number of rotatable bonds is 4. The molecule has 0 aromatic heterocycles. The van der Waals surface area contributed by atoms with Gasteiger partial charge in [0.2, 0.25) is 0 Å². The maximum Gasteiger partial charge on any atom is 0.356 e. The normalized spacial score (nSPS) is 11.5. The summed E-state index contributed by atoms with van der Waals surface area (Å²) in [5.74, 6) is -0.706. The van der Waals surface area contributed by atoms with Crippen LogP contribution in [0, 0.1) is 32.4 Å². The minimum absolute atomic E-state index is 0.0357. The molecule has 0 amide bonds. The van der Waals surface area contributed by atoms with Crippen LogP contribution in [-0.2, 0) is 4.57 Å². The molecule has 0 aliphatic rings. The number of benzene rings is 3. The van der Waals surface area contributed by atoms with Gasteiger partial charge < -0.3 is 14.5 Å². The molecule has 3 aromatic rings. The zero-order chi connectivity index (χ0) is 20.6. The van der Waals surface area contributed by atoms with Crippen molar-refractivity contribution in [3.63, 3.8) is 0 Å². The lowest BCUT2D eigenvalue weighted by molar-refractivity contribution is 0.387. The quantitative estimate of drug-likeness (QED) is 0.590. The van der Waals surface area contributed by atoms with Crippen LogP contribution < -0.4 is 10.0 Å². The van der Waals surface area contributed by atoms with E-state index in [9.17, 15) is 23.1 Å². The third kappa shape index (κ3) is 4.14. The lowest BCUT2D eigenvalue weighted by atomic mass is 10.0. The largest absolute Gasteiger partial charge is 0.454 e.